The summed E-state index contributed by atoms with van der Waals surface area (Å²) in [4.78, 5) is 24.2. The molecule has 17 heavy (non-hydrogen) atoms. The van der Waals surface area contributed by atoms with Crippen LogP contribution in [0, 0.1) is 0 Å². The van der Waals surface area contributed by atoms with Gasteiger partial charge in [0.25, 0.3) is 0 Å². The zero-order chi connectivity index (χ0) is 12.7. The molecule has 0 bridgehead atoms. The number of carbonyl (C=O) groups excluding carboxylic acids is 2. The zero-order valence-electron chi connectivity index (χ0n) is 10.3. The Hall–Kier alpha value is -1.84. The van der Waals surface area contributed by atoms with E-state index in [2.05, 4.69) is 5.32 Å². The van der Waals surface area contributed by atoms with Crippen molar-refractivity contribution in [1.29, 1.82) is 0 Å². The molecule has 4 nitrogen and oxygen atoms in total. The van der Waals surface area contributed by atoms with Gasteiger partial charge < -0.3 is 10.2 Å². The third-order valence-electron chi connectivity index (χ3n) is 2.44. The second-order valence-corrected chi connectivity index (χ2v) is 3.80. The van der Waals surface area contributed by atoms with Crippen molar-refractivity contribution in [1.82, 2.24) is 10.2 Å². The van der Waals surface area contributed by atoms with Crippen LogP contribution in [0.4, 0.5) is 0 Å². The van der Waals surface area contributed by atoms with E-state index in [9.17, 15) is 9.59 Å². The van der Waals surface area contributed by atoms with Gasteiger partial charge in [-0.15, -0.1) is 0 Å². The molecule has 0 unspecified atom stereocenters. The number of likely N-dealkylation sites (N-methyl/N-ethyl adjacent to an activating group) is 1. The Kier molecular flexibility index (Phi) is 5.20. The van der Waals surface area contributed by atoms with Crippen molar-refractivity contribution in [2.75, 3.05) is 13.1 Å². The van der Waals surface area contributed by atoms with Gasteiger partial charge in [0.05, 0.1) is 6.54 Å². The fourth-order valence-corrected chi connectivity index (χ4v) is 1.49. The predicted octanol–water partition coefficient (Wildman–Crippen LogP) is 1.17. The molecule has 1 rings (SSSR count). The Labute approximate surface area is 102 Å². The Bertz CT molecular complexity index is 376. The third kappa shape index (κ3) is 4.68. The monoisotopic (exact) mass is 234 g/mol. The highest BCUT2D eigenvalue weighted by Gasteiger charge is 2.11. The van der Waals surface area contributed by atoms with Gasteiger partial charge in [-0.1, -0.05) is 30.3 Å². The van der Waals surface area contributed by atoms with Gasteiger partial charge in [0.15, 0.2) is 0 Å². The van der Waals surface area contributed by atoms with E-state index in [0.29, 0.717) is 13.1 Å². The van der Waals surface area contributed by atoms with Crippen molar-refractivity contribution < 1.29 is 9.59 Å². The SMILES string of the molecule is CCN(Cc1ccccc1)C(=O)CNC(C)=O. The third-order valence-corrected chi connectivity index (χ3v) is 2.44. The second-order valence-electron chi connectivity index (χ2n) is 3.80. The molecule has 0 aliphatic rings. The lowest BCUT2D eigenvalue weighted by atomic mass is 10.2. The number of rotatable bonds is 5. The van der Waals surface area contributed by atoms with Gasteiger partial charge in [-0.2, -0.15) is 0 Å². The first-order valence-corrected chi connectivity index (χ1v) is 5.69. The molecule has 0 aliphatic heterocycles. The van der Waals surface area contributed by atoms with Crippen LogP contribution < -0.4 is 5.32 Å². The molecular weight excluding hydrogens is 216 g/mol. The summed E-state index contributed by atoms with van der Waals surface area (Å²) in [6.45, 7) is 4.61. The molecular formula is C13H18N2O2. The van der Waals surface area contributed by atoms with Crippen molar-refractivity contribution in [2.45, 2.75) is 20.4 Å². The van der Waals surface area contributed by atoms with E-state index in [1.165, 1.54) is 6.92 Å². The van der Waals surface area contributed by atoms with Gasteiger partial charge in [0, 0.05) is 20.0 Å². The van der Waals surface area contributed by atoms with Crippen LogP contribution in [0.15, 0.2) is 30.3 Å². The molecule has 0 atom stereocenters. The molecule has 0 radical (unpaired) electrons. The van der Waals surface area contributed by atoms with Crippen LogP contribution in [0.25, 0.3) is 0 Å². The van der Waals surface area contributed by atoms with Gasteiger partial charge in [-0.25, -0.2) is 0 Å². The highest BCUT2D eigenvalue weighted by atomic mass is 16.2. The van der Waals surface area contributed by atoms with E-state index in [4.69, 9.17) is 0 Å². The summed E-state index contributed by atoms with van der Waals surface area (Å²) < 4.78 is 0. The van der Waals surface area contributed by atoms with E-state index in [1.807, 2.05) is 37.3 Å². The van der Waals surface area contributed by atoms with Gasteiger partial charge in [0.2, 0.25) is 11.8 Å². The average molecular weight is 234 g/mol. The molecule has 0 spiro atoms. The number of amides is 2. The zero-order valence-corrected chi connectivity index (χ0v) is 10.3. The average Bonchev–Trinajstić information content (AvgIpc) is 2.34. The molecule has 0 aromatic heterocycles. The number of carbonyl (C=O) groups is 2. The quantitative estimate of drug-likeness (QED) is 0.831. The Balaban J connectivity index is 2.53. The van der Waals surface area contributed by atoms with E-state index in [-0.39, 0.29) is 18.4 Å². The molecule has 0 saturated carbocycles. The topological polar surface area (TPSA) is 49.4 Å². The normalized spacial score (nSPS) is 9.76. The smallest absolute Gasteiger partial charge is 0.242 e. The summed E-state index contributed by atoms with van der Waals surface area (Å²) >= 11 is 0. The van der Waals surface area contributed by atoms with E-state index in [1.54, 1.807) is 4.90 Å². The molecule has 0 saturated heterocycles. The maximum Gasteiger partial charge on any atom is 0.242 e. The maximum atomic E-state index is 11.8. The summed E-state index contributed by atoms with van der Waals surface area (Å²) in [5, 5.41) is 2.52. The summed E-state index contributed by atoms with van der Waals surface area (Å²) in [6.07, 6.45) is 0. The number of nitrogens with one attached hydrogen (secondary N) is 1. The molecule has 1 aromatic rings. The second kappa shape index (κ2) is 6.68. The first-order chi connectivity index (χ1) is 8.13. The standard InChI is InChI=1S/C13H18N2O2/c1-3-15(13(17)9-14-11(2)16)10-12-7-5-4-6-8-12/h4-8H,3,9-10H2,1-2H3,(H,14,16). The Morgan fingerprint density at radius 2 is 1.88 bits per heavy atom. The highest BCUT2D eigenvalue weighted by Crippen LogP contribution is 2.04. The molecule has 1 N–H and O–H groups in total. The van der Waals surface area contributed by atoms with Crippen LogP contribution in [-0.2, 0) is 16.1 Å². The first-order valence-electron chi connectivity index (χ1n) is 5.69. The lowest BCUT2D eigenvalue weighted by molar-refractivity contribution is -0.132. The lowest BCUT2D eigenvalue weighted by Gasteiger charge is -2.21. The highest BCUT2D eigenvalue weighted by molar-refractivity contribution is 5.83. The van der Waals surface area contributed by atoms with Gasteiger partial charge >= 0.3 is 0 Å². The van der Waals surface area contributed by atoms with Crippen LogP contribution in [0.5, 0.6) is 0 Å². The van der Waals surface area contributed by atoms with Crippen LogP contribution >= 0.6 is 0 Å². The van der Waals surface area contributed by atoms with Crippen molar-refractivity contribution in [3.63, 3.8) is 0 Å². The minimum atomic E-state index is -0.186. The van der Waals surface area contributed by atoms with Crippen molar-refractivity contribution in [2.24, 2.45) is 0 Å². The van der Waals surface area contributed by atoms with Crippen LogP contribution in [-0.4, -0.2) is 29.8 Å². The first kappa shape index (κ1) is 13.2. The van der Waals surface area contributed by atoms with E-state index in [0.717, 1.165) is 5.56 Å². The Morgan fingerprint density at radius 3 is 2.41 bits per heavy atom. The fraction of sp³-hybridized carbons (Fsp3) is 0.385. The number of benzene rings is 1. The van der Waals surface area contributed by atoms with Crippen molar-refractivity contribution >= 4 is 11.8 Å². The van der Waals surface area contributed by atoms with Gasteiger partial charge in [-0.3, -0.25) is 9.59 Å². The predicted molar refractivity (Wildman–Crippen MR) is 66.2 cm³/mol. The van der Waals surface area contributed by atoms with E-state index >= 15 is 0 Å². The van der Waals surface area contributed by atoms with Gasteiger partial charge in [0.1, 0.15) is 0 Å². The summed E-state index contributed by atoms with van der Waals surface area (Å²) in [5.74, 6) is -0.249. The maximum absolute atomic E-state index is 11.8. The fourth-order valence-electron chi connectivity index (χ4n) is 1.49. The molecule has 2 amide bonds. The van der Waals surface area contributed by atoms with Gasteiger partial charge in [-0.05, 0) is 12.5 Å². The summed E-state index contributed by atoms with van der Waals surface area (Å²) in [5.41, 5.74) is 1.09. The van der Waals surface area contributed by atoms with Crippen LogP contribution in [0.3, 0.4) is 0 Å². The minimum absolute atomic E-state index is 0.0634. The number of hydrogen-bond acceptors (Lipinski definition) is 2. The van der Waals surface area contributed by atoms with E-state index < -0.39 is 0 Å². The molecule has 92 valence electrons. The molecule has 0 heterocycles. The number of hydrogen-bond donors (Lipinski definition) is 1. The molecule has 0 fully saturated rings. The molecule has 0 aliphatic carbocycles. The van der Waals surface area contributed by atoms with Crippen molar-refractivity contribution in [3.05, 3.63) is 35.9 Å². The molecule has 4 heteroatoms. The summed E-state index contributed by atoms with van der Waals surface area (Å²) in [6, 6.07) is 9.80. The number of nitrogens with zero attached hydrogens (tertiary/aromatic N) is 1. The Morgan fingerprint density at radius 1 is 1.24 bits per heavy atom. The minimum Gasteiger partial charge on any atom is -0.347 e. The molecule has 1 aromatic carbocycles. The largest absolute Gasteiger partial charge is 0.347 e. The van der Waals surface area contributed by atoms with Crippen LogP contribution in [0.2, 0.25) is 0 Å². The summed E-state index contributed by atoms with van der Waals surface area (Å²) in [7, 11) is 0. The van der Waals surface area contributed by atoms with Crippen molar-refractivity contribution in [3.8, 4) is 0 Å². The lowest BCUT2D eigenvalue weighted by Crippen LogP contribution is -2.39. The van der Waals surface area contributed by atoms with Crippen LogP contribution in [0.1, 0.15) is 19.4 Å².